The first-order valence-electron chi connectivity index (χ1n) is 6.14. The number of carbonyl (C=O) groups excluding carboxylic acids is 1. The summed E-state index contributed by atoms with van der Waals surface area (Å²) in [5.74, 6) is -1.86. The number of alkyl halides is 3. The molecule has 20 heavy (non-hydrogen) atoms. The molecule has 1 heterocycles. The molecular weight excluding hydrogens is 279 g/mol. The van der Waals surface area contributed by atoms with Crippen LogP contribution in [0.3, 0.4) is 0 Å². The number of nitrogens with zero attached hydrogens (tertiary/aromatic N) is 3. The number of amides is 1. The Hall–Kier alpha value is -1.35. The summed E-state index contributed by atoms with van der Waals surface area (Å²) >= 11 is 0. The van der Waals surface area contributed by atoms with Gasteiger partial charge in [0.2, 0.25) is 5.91 Å². The van der Waals surface area contributed by atoms with Gasteiger partial charge in [-0.2, -0.15) is 13.2 Å². The molecule has 0 bridgehead atoms. The van der Waals surface area contributed by atoms with Gasteiger partial charge in [-0.05, 0) is 7.05 Å². The summed E-state index contributed by atoms with van der Waals surface area (Å²) in [4.78, 5) is 26.5. The minimum absolute atomic E-state index is 0.447. The first-order valence-corrected chi connectivity index (χ1v) is 6.14. The van der Waals surface area contributed by atoms with Crippen molar-refractivity contribution >= 4 is 11.9 Å². The zero-order chi connectivity index (χ0) is 15.3. The van der Waals surface area contributed by atoms with Crippen LogP contribution in [0.4, 0.5) is 13.2 Å². The molecule has 0 atom stereocenters. The average molecular weight is 297 g/mol. The van der Waals surface area contributed by atoms with Crippen LogP contribution >= 0.6 is 0 Å². The Labute approximate surface area is 114 Å². The van der Waals surface area contributed by atoms with Crippen molar-refractivity contribution in [2.24, 2.45) is 0 Å². The second-order valence-electron chi connectivity index (χ2n) is 4.84. The molecule has 0 aromatic rings. The fourth-order valence-electron chi connectivity index (χ4n) is 1.96. The van der Waals surface area contributed by atoms with Crippen LogP contribution in [-0.4, -0.2) is 90.7 Å². The molecule has 9 heteroatoms. The van der Waals surface area contributed by atoms with Crippen LogP contribution in [0.2, 0.25) is 0 Å². The average Bonchev–Trinajstić information content (AvgIpc) is 2.26. The van der Waals surface area contributed by atoms with Crippen molar-refractivity contribution in [2.75, 3.05) is 52.9 Å². The molecule has 116 valence electrons. The summed E-state index contributed by atoms with van der Waals surface area (Å²) in [6.45, 7) is -0.536. The summed E-state index contributed by atoms with van der Waals surface area (Å²) in [7, 11) is 1.89. The summed E-state index contributed by atoms with van der Waals surface area (Å²) in [6, 6.07) is 0. The molecule has 0 saturated carbocycles. The van der Waals surface area contributed by atoms with Crippen molar-refractivity contribution in [1.82, 2.24) is 14.7 Å². The fraction of sp³-hybridized carbons (Fsp3) is 0.818. The van der Waals surface area contributed by atoms with Gasteiger partial charge in [0, 0.05) is 26.2 Å². The van der Waals surface area contributed by atoms with Crippen LogP contribution in [0, 0.1) is 0 Å². The highest BCUT2D eigenvalue weighted by atomic mass is 19.4. The van der Waals surface area contributed by atoms with E-state index in [0.29, 0.717) is 31.1 Å². The first kappa shape index (κ1) is 16.7. The third kappa shape index (κ3) is 6.20. The highest BCUT2D eigenvalue weighted by Crippen LogP contribution is 2.16. The van der Waals surface area contributed by atoms with E-state index >= 15 is 0 Å². The van der Waals surface area contributed by atoms with E-state index in [1.54, 1.807) is 0 Å². The minimum Gasteiger partial charge on any atom is -0.480 e. The third-order valence-electron chi connectivity index (χ3n) is 2.98. The molecule has 0 aliphatic carbocycles. The van der Waals surface area contributed by atoms with Gasteiger partial charge in [0.05, 0.1) is 19.6 Å². The quantitative estimate of drug-likeness (QED) is 0.755. The number of piperazine rings is 1. The van der Waals surface area contributed by atoms with Crippen LogP contribution in [0.25, 0.3) is 0 Å². The number of likely N-dealkylation sites (N-methyl/N-ethyl adjacent to an activating group) is 1. The Morgan fingerprint density at radius 2 is 1.70 bits per heavy atom. The number of carboxylic acid groups (broad SMARTS) is 1. The van der Waals surface area contributed by atoms with Crippen LogP contribution < -0.4 is 0 Å². The van der Waals surface area contributed by atoms with Crippen LogP contribution in [-0.2, 0) is 9.59 Å². The van der Waals surface area contributed by atoms with Crippen molar-refractivity contribution in [3.05, 3.63) is 0 Å². The van der Waals surface area contributed by atoms with Gasteiger partial charge >= 0.3 is 12.1 Å². The number of rotatable bonds is 5. The topological polar surface area (TPSA) is 64.1 Å². The SMILES string of the molecule is CN1CCN(C(=O)CN(CC(=O)O)CC(F)(F)F)CC1. The van der Waals surface area contributed by atoms with Crippen molar-refractivity contribution in [3.8, 4) is 0 Å². The largest absolute Gasteiger partial charge is 0.480 e. The maximum atomic E-state index is 12.3. The minimum atomic E-state index is -4.53. The molecular formula is C11H18F3N3O3. The summed E-state index contributed by atoms with van der Waals surface area (Å²) in [5, 5.41) is 8.60. The smallest absolute Gasteiger partial charge is 0.401 e. The lowest BCUT2D eigenvalue weighted by Gasteiger charge is -2.33. The molecule has 0 aromatic heterocycles. The van der Waals surface area contributed by atoms with Crippen LogP contribution in [0.5, 0.6) is 0 Å². The van der Waals surface area contributed by atoms with Gasteiger partial charge in [0.25, 0.3) is 0 Å². The molecule has 1 N–H and O–H groups in total. The highest BCUT2D eigenvalue weighted by molar-refractivity contribution is 5.79. The molecule has 0 spiro atoms. The predicted molar refractivity (Wildman–Crippen MR) is 64.2 cm³/mol. The van der Waals surface area contributed by atoms with E-state index in [9.17, 15) is 22.8 Å². The first-order chi connectivity index (χ1) is 9.17. The van der Waals surface area contributed by atoms with Crippen molar-refractivity contribution in [3.63, 3.8) is 0 Å². The maximum Gasteiger partial charge on any atom is 0.401 e. The Kier molecular flexibility index (Phi) is 5.75. The van der Waals surface area contributed by atoms with Gasteiger partial charge in [0.1, 0.15) is 0 Å². The molecule has 1 saturated heterocycles. The molecule has 0 aromatic carbocycles. The summed E-state index contributed by atoms with van der Waals surface area (Å²) in [5.41, 5.74) is 0. The number of carbonyl (C=O) groups is 2. The lowest BCUT2D eigenvalue weighted by molar-refractivity contribution is -0.157. The zero-order valence-electron chi connectivity index (χ0n) is 11.2. The van der Waals surface area contributed by atoms with E-state index in [0.717, 1.165) is 0 Å². The Morgan fingerprint density at radius 1 is 1.15 bits per heavy atom. The summed E-state index contributed by atoms with van der Waals surface area (Å²) in [6.07, 6.45) is -4.53. The van der Waals surface area contributed by atoms with E-state index in [1.807, 2.05) is 11.9 Å². The van der Waals surface area contributed by atoms with E-state index in [1.165, 1.54) is 4.90 Å². The third-order valence-corrected chi connectivity index (χ3v) is 2.98. The monoisotopic (exact) mass is 297 g/mol. The Morgan fingerprint density at radius 3 is 2.15 bits per heavy atom. The molecule has 1 aliphatic rings. The predicted octanol–water partition coefficient (Wildman–Crippen LogP) is -0.291. The lowest BCUT2D eigenvalue weighted by atomic mass is 10.3. The molecule has 0 radical (unpaired) electrons. The fourth-order valence-corrected chi connectivity index (χ4v) is 1.96. The molecule has 0 unspecified atom stereocenters. The standard InChI is InChI=1S/C11H18F3N3O3/c1-15-2-4-17(5-3-15)9(18)6-16(7-10(19)20)8-11(12,13)14/h2-8H2,1H3,(H,19,20). The molecule has 1 aliphatic heterocycles. The van der Waals surface area contributed by atoms with E-state index in [4.69, 9.17) is 5.11 Å². The van der Waals surface area contributed by atoms with E-state index < -0.39 is 37.7 Å². The zero-order valence-corrected chi connectivity index (χ0v) is 11.2. The van der Waals surface area contributed by atoms with Crippen LogP contribution in [0.15, 0.2) is 0 Å². The van der Waals surface area contributed by atoms with Gasteiger partial charge in [-0.3, -0.25) is 14.5 Å². The second-order valence-corrected chi connectivity index (χ2v) is 4.84. The number of halogens is 3. The molecule has 1 rings (SSSR count). The molecule has 1 amide bonds. The number of aliphatic carboxylic acids is 1. The van der Waals surface area contributed by atoms with Gasteiger partial charge < -0.3 is 14.9 Å². The normalized spacial score (nSPS) is 17.6. The molecule has 1 fully saturated rings. The maximum absolute atomic E-state index is 12.3. The van der Waals surface area contributed by atoms with Gasteiger partial charge in [-0.15, -0.1) is 0 Å². The number of hydrogen-bond acceptors (Lipinski definition) is 4. The van der Waals surface area contributed by atoms with Gasteiger partial charge in [0.15, 0.2) is 0 Å². The van der Waals surface area contributed by atoms with E-state index in [2.05, 4.69) is 0 Å². The Bertz CT molecular complexity index is 355. The van der Waals surface area contributed by atoms with Gasteiger partial charge in [-0.25, -0.2) is 0 Å². The Balaban J connectivity index is 2.55. The van der Waals surface area contributed by atoms with Crippen molar-refractivity contribution in [2.45, 2.75) is 6.18 Å². The number of hydrogen-bond donors (Lipinski definition) is 1. The number of carboxylic acids is 1. The molecule has 6 nitrogen and oxygen atoms in total. The second kappa shape index (κ2) is 6.89. The van der Waals surface area contributed by atoms with Crippen LogP contribution in [0.1, 0.15) is 0 Å². The summed E-state index contributed by atoms with van der Waals surface area (Å²) < 4.78 is 37.0. The van der Waals surface area contributed by atoms with Gasteiger partial charge in [-0.1, -0.05) is 0 Å². The highest BCUT2D eigenvalue weighted by Gasteiger charge is 2.33. The van der Waals surface area contributed by atoms with Crippen molar-refractivity contribution < 1.29 is 27.9 Å². The van der Waals surface area contributed by atoms with Crippen molar-refractivity contribution in [1.29, 1.82) is 0 Å². The van der Waals surface area contributed by atoms with E-state index in [-0.39, 0.29) is 0 Å². The lowest BCUT2D eigenvalue weighted by Crippen LogP contribution is -2.51.